The van der Waals surface area contributed by atoms with Crippen molar-refractivity contribution in [1.82, 2.24) is 15.6 Å². The van der Waals surface area contributed by atoms with E-state index in [0.29, 0.717) is 25.7 Å². The molecule has 0 bridgehead atoms. The fourth-order valence-electron chi connectivity index (χ4n) is 2.19. The summed E-state index contributed by atoms with van der Waals surface area (Å²) < 4.78 is 48.3. The molecule has 10 heteroatoms. The Morgan fingerprint density at radius 1 is 1.25 bits per heavy atom. The van der Waals surface area contributed by atoms with Crippen LogP contribution in [-0.2, 0) is 10.9 Å². The van der Waals surface area contributed by atoms with Gasteiger partial charge in [-0.1, -0.05) is 0 Å². The lowest BCUT2D eigenvalue weighted by atomic mass is 10.3. The van der Waals surface area contributed by atoms with Crippen LogP contribution in [0.15, 0.2) is 23.3 Å². The van der Waals surface area contributed by atoms with Crippen LogP contribution in [0, 0.1) is 5.92 Å². The highest BCUT2D eigenvalue weighted by molar-refractivity contribution is 14.0. The topological polar surface area (TPSA) is 67.8 Å². The normalized spacial score (nSPS) is 14.4. The minimum Gasteiger partial charge on any atom is -0.476 e. The van der Waals surface area contributed by atoms with E-state index in [1.54, 1.807) is 0 Å². The number of nitrogens with zero attached hydrogens (tertiary/aromatic N) is 2. The lowest BCUT2D eigenvalue weighted by Crippen LogP contribution is -2.39. The number of alkyl halides is 3. The largest absolute Gasteiger partial charge is 0.476 e. The molecule has 1 aromatic rings. The summed E-state index contributed by atoms with van der Waals surface area (Å²) in [5.41, 5.74) is -0.796. The molecule has 0 aliphatic heterocycles. The Bertz CT molecular complexity index is 581. The minimum absolute atomic E-state index is 0. The lowest BCUT2D eigenvalue weighted by molar-refractivity contribution is -0.137. The predicted molar refractivity (Wildman–Crippen MR) is 112 cm³/mol. The second-order valence-corrected chi connectivity index (χ2v) is 6.29. The monoisotopic (exact) mass is 516 g/mol. The number of aromatic nitrogens is 1. The molecule has 0 amide bonds. The van der Waals surface area contributed by atoms with E-state index >= 15 is 0 Å². The van der Waals surface area contributed by atoms with E-state index in [4.69, 9.17) is 9.47 Å². The average Bonchev–Trinajstić information content (AvgIpc) is 3.45. The van der Waals surface area contributed by atoms with E-state index in [-0.39, 0.29) is 36.5 Å². The third-order valence-electron chi connectivity index (χ3n) is 3.82. The fourth-order valence-corrected chi connectivity index (χ4v) is 2.19. The zero-order valence-corrected chi connectivity index (χ0v) is 18.3. The van der Waals surface area contributed by atoms with Crippen LogP contribution in [-0.4, -0.2) is 50.4 Å². The maximum absolute atomic E-state index is 12.5. The fraction of sp³-hybridized carbons (Fsp3) is 0.667. The third kappa shape index (κ3) is 10.3. The van der Waals surface area contributed by atoms with Crippen molar-refractivity contribution in [3.05, 3.63) is 23.9 Å². The van der Waals surface area contributed by atoms with E-state index in [0.717, 1.165) is 37.8 Å². The van der Waals surface area contributed by atoms with E-state index in [1.165, 1.54) is 18.9 Å². The number of ether oxygens (including phenoxy) is 2. The Balaban J connectivity index is 0.00000392. The van der Waals surface area contributed by atoms with Gasteiger partial charge < -0.3 is 20.1 Å². The first-order chi connectivity index (χ1) is 13.0. The number of aliphatic imine (C=N–C) groups is 1. The average molecular weight is 516 g/mol. The molecule has 1 saturated carbocycles. The van der Waals surface area contributed by atoms with Crippen molar-refractivity contribution in [3.63, 3.8) is 0 Å². The third-order valence-corrected chi connectivity index (χ3v) is 3.82. The highest BCUT2D eigenvalue weighted by Crippen LogP contribution is 2.29. The van der Waals surface area contributed by atoms with Crippen molar-refractivity contribution in [2.75, 3.05) is 39.5 Å². The molecule has 1 heterocycles. The molecule has 0 aromatic carbocycles. The summed E-state index contributed by atoms with van der Waals surface area (Å²) in [5, 5.41) is 6.24. The first-order valence-corrected chi connectivity index (χ1v) is 9.25. The van der Waals surface area contributed by atoms with Gasteiger partial charge in [-0.05, 0) is 38.2 Å². The summed E-state index contributed by atoms with van der Waals surface area (Å²) in [5.74, 6) is 1.59. The number of pyridine rings is 1. The Hall–Kier alpha value is -1.30. The van der Waals surface area contributed by atoms with E-state index in [9.17, 15) is 13.2 Å². The van der Waals surface area contributed by atoms with Crippen LogP contribution in [0.2, 0.25) is 0 Å². The van der Waals surface area contributed by atoms with Crippen molar-refractivity contribution in [2.45, 2.75) is 32.4 Å². The molecule has 160 valence electrons. The number of hydrogen-bond donors (Lipinski definition) is 2. The van der Waals surface area contributed by atoms with Crippen LogP contribution in [0.1, 0.15) is 31.7 Å². The quantitative estimate of drug-likeness (QED) is 0.204. The lowest BCUT2D eigenvalue weighted by Gasteiger charge is -2.12. The van der Waals surface area contributed by atoms with Gasteiger partial charge in [-0.2, -0.15) is 13.2 Å². The number of hydrogen-bond acceptors (Lipinski definition) is 4. The van der Waals surface area contributed by atoms with Crippen LogP contribution in [0.5, 0.6) is 5.88 Å². The Labute approximate surface area is 180 Å². The highest BCUT2D eigenvalue weighted by Gasteiger charge is 2.30. The Morgan fingerprint density at radius 3 is 2.64 bits per heavy atom. The highest BCUT2D eigenvalue weighted by atomic mass is 127. The van der Waals surface area contributed by atoms with E-state index in [1.807, 2.05) is 6.92 Å². The molecule has 6 nitrogen and oxygen atoms in total. The van der Waals surface area contributed by atoms with Gasteiger partial charge in [0.15, 0.2) is 5.96 Å². The number of guanidine groups is 1. The summed E-state index contributed by atoms with van der Waals surface area (Å²) in [7, 11) is 0. The van der Waals surface area contributed by atoms with E-state index in [2.05, 4.69) is 20.6 Å². The van der Waals surface area contributed by atoms with Crippen molar-refractivity contribution in [1.29, 1.82) is 0 Å². The maximum atomic E-state index is 12.5. The van der Waals surface area contributed by atoms with Gasteiger partial charge in [-0.25, -0.2) is 4.98 Å². The van der Waals surface area contributed by atoms with Crippen LogP contribution in [0.25, 0.3) is 0 Å². The molecule has 0 radical (unpaired) electrons. The van der Waals surface area contributed by atoms with Crippen LogP contribution in [0.3, 0.4) is 0 Å². The van der Waals surface area contributed by atoms with Gasteiger partial charge in [-0.15, -0.1) is 24.0 Å². The second-order valence-electron chi connectivity index (χ2n) is 6.29. The maximum Gasteiger partial charge on any atom is 0.417 e. The molecule has 2 N–H and O–H groups in total. The summed E-state index contributed by atoms with van der Waals surface area (Å²) in [6, 6.07) is 2.16. The molecule has 1 aromatic heterocycles. The van der Waals surface area contributed by atoms with Crippen LogP contribution in [0.4, 0.5) is 13.2 Å². The smallest absolute Gasteiger partial charge is 0.417 e. The van der Waals surface area contributed by atoms with Gasteiger partial charge in [0.1, 0.15) is 6.61 Å². The summed E-state index contributed by atoms with van der Waals surface area (Å²) in [6.07, 6.45) is -0.199. The van der Waals surface area contributed by atoms with Crippen molar-refractivity contribution in [2.24, 2.45) is 10.9 Å². The van der Waals surface area contributed by atoms with Gasteiger partial charge >= 0.3 is 6.18 Å². The molecule has 1 fully saturated rings. The minimum atomic E-state index is -4.40. The van der Waals surface area contributed by atoms with Crippen molar-refractivity contribution >= 4 is 29.9 Å². The van der Waals surface area contributed by atoms with Crippen LogP contribution >= 0.6 is 24.0 Å². The number of halogens is 4. The van der Waals surface area contributed by atoms with Gasteiger partial charge in [0.25, 0.3) is 0 Å². The second kappa shape index (κ2) is 13.0. The molecule has 1 aliphatic carbocycles. The molecular formula is C18H28F3IN4O2. The molecule has 0 spiro atoms. The molecule has 1 aliphatic rings. The van der Waals surface area contributed by atoms with Crippen LogP contribution < -0.4 is 15.4 Å². The zero-order chi connectivity index (χ0) is 19.5. The van der Waals surface area contributed by atoms with Gasteiger partial charge in [0.05, 0.1) is 12.1 Å². The summed E-state index contributed by atoms with van der Waals surface area (Å²) in [4.78, 5) is 8.11. The van der Waals surface area contributed by atoms with Crippen molar-refractivity contribution < 1.29 is 22.6 Å². The molecule has 0 atom stereocenters. The Kier molecular flexibility index (Phi) is 11.5. The summed E-state index contributed by atoms with van der Waals surface area (Å²) >= 11 is 0. The number of rotatable bonds is 11. The van der Waals surface area contributed by atoms with Gasteiger partial charge in [-0.3, -0.25) is 4.99 Å². The van der Waals surface area contributed by atoms with Crippen molar-refractivity contribution in [3.8, 4) is 5.88 Å². The standard InChI is InChI=1S/C18H27F3N4O2.HI/c1-2-22-17(23-8-3-10-26-13-14-4-5-14)24-9-11-27-16-7-6-15(12-25-16)18(19,20)21;/h6-7,12,14H,2-5,8-11,13H2,1H3,(H2,22,23,24);1H. The van der Waals surface area contributed by atoms with Gasteiger partial charge in [0.2, 0.25) is 5.88 Å². The molecule has 0 saturated heterocycles. The molecular weight excluding hydrogens is 488 g/mol. The first kappa shape index (κ1) is 24.7. The van der Waals surface area contributed by atoms with E-state index < -0.39 is 11.7 Å². The zero-order valence-electron chi connectivity index (χ0n) is 15.9. The molecule has 28 heavy (non-hydrogen) atoms. The first-order valence-electron chi connectivity index (χ1n) is 9.25. The SMILES string of the molecule is CCNC(=NCCCOCC1CC1)NCCOc1ccc(C(F)(F)F)cn1.I. The molecule has 2 rings (SSSR count). The molecule has 0 unspecified atom stereocenters. The van der Waals surface area contributed by atoms with Gasteiger partial charge in [0, 0.05) is 38.6 Å². The summed E-state index contributed by atoms with van der Waals surface area (Å²) in [6.45, 7) is 5.63. The Morgan fingerprint density at radius 2 is 2.04 bits per heavy atom. The predicted octanol–water partition coefficient (Wildman–Crippen LogP) is 3.47. The number of nitrogens with one attached hydrogen (secondary N) is 2.